The average molecular weight is 494 g/mol. The summed E-state index contributed by atoms with van der Waals surface area (Å²) in [6.45, 7) is 2.88. The highest BCUT2D eigenvalue weighted by molar-refractivity contribution is 7.15. The van der Waals surface area contributed by atoms with Gasteiger partial charge >= 0.3 is 0 Å². The smallest absolute Gasteiger partial charge is 0.251 e. The Balaban J connectivity index is 1.51. The Bertz CT molecular complexity index is 1210. The van der Waals surface area contributed by atoms with Gasteiger partial charge in [0.25, 0.3) is 5.91 Å². The van der Waals surface area contributed by atoms with E-state index in [1.54, 1.807) is 35.6 Å². The zero-order valence-corrected chi connectivity index (χ0v) is 20.7. The van der Waals surface area contributed by atoms with Crippen LogP contribution in [0.3, 0.4) is 0 Å². The molecular formula is C27H28ClN3O2S. The number of benzene rings is 2. The summed E-state index contributed by atoms with van der Waals surface area (Å²) in [5.41, 5.74) is 3.06. The lowest BCUT2D eigenvalue weighted by molar-refractivity contribution is 0.0823. The average Bonchev–Trinajstić information content (AvgIpc) is 3.60. The second-order valence-electron chi connectivity index (χ2n) is 9.26. The number of amides is 1. The minimum atomic E-state index is -0.704. The maximum Gasteiger partial charge on any atom is 0.251 e. The molecule has 2 aromatic carbocycles. The molecule has 1 amide bonds. The fourth-order valence-corrected chi connectivity index (χ4v) is 5.93. The Morgan fingerprint density at radius 3 is 2.65 bits per heavy atom. The van der Waals surface area contributed by atoms with Crippen LogP contribution in [0.25, 0.3) is 10.4 Å². The van der Waals surface area contributed by atoms with Crippen molar-refractivity contribution >= 4 is 34.6 Å². The number of halogens is 1. The van der Waals surface area contributed by atoms with E-state index in [1.807, 2.05) is 25.1 Å². The molecule has 7 heteroatoms. The van der Waals surface area contributed by atoms with Gasteiger partial charge in [0.05, 0.1) is 9.88 Å². The minimum Gasteiger partial charge on any atom is -0.340 e. The molecule has 3 aromatic rings. The van der Waals surface area contributed by atoms with Gasteiger partial charge < -0.3 is 10.6 Å². The predicted octanol–water partition coefficient (Wildman–Crippen LogP) is 5.77. The Morgan fingerprint density at radius 2 is 1.94 bits per heavy atom. The predicted molar refractivity (Wildman–Crippen MR) is 137 cm³/mol. The first-order chi connectivity index (χ1) is 16.5. The van der Waals surface area contributed by atoms with Gasteiger partial charge in [0, 0.05) is 22.5 Å². The van der Waals surface area contributed by atoms with Gasteiger partial charge in [-0.3, -0.25) is 9.59 Å². The summed E-state index contributed by atoms with van der Waals surface area (Å²) in [7, 11) is 0. The van der Waals surface area contributed by atoms with Crippen molar-refractivity contribution in [3.8, 4) is 10.4 Å². The van der Waals surface area contributed by atoms with Crippen LogP contribution < -0.4 is 10.6 Å². The number of hydrogen-bond donors (Lipinski definition) is 2. The molecule has 0 radical (unpaired) electrons. The highest BCUT2D eigenvalue weighted by atomic mass is 35.5. The van der Waals surface area contributed by atoms with E-state index in [4.69, 9.17) is 16.6 Å². The van der Waals surface area contributed by atoms with Crippen LogP contribution >= 0.6 is 22.9 Å². The van der Waals surface area contributed by atoms with Gasteiger partial charge in [0.2, 0.25) is 5.78 Å². The molecule has 0 bridgehead atoms. The molecule has 1 unspecified atom stereocenters. The van der Waals surface area contributed by atoms with Crippen molar-refractivity contribution in [2.75, 3.05) is 6.54 Å². The lowest BCUT2D eigenvalue weighted by atomic mass is 9.92. The zero-order chi connectivity index (χ0) is 23.7. The zero-order valence-electron chi connectivity index (χ0n) is 19.1. The summed E-state index contributed by atoms with van der Waals surface area (Å²) in [6.07, 6.45) is 5.15. The number of rotatable bonds is 7. The number of carbonyl (C=O) groups is 2. The standard InChI is InChI=1S/C27H28ClN3O2S/c1-16-6-4-7-18(14-16)25-23(31-27(34-25)17-11-12-17)24(32)22(21-10-2-3-13-29-21)30-26(33)19-8-5-9-20(28)15-19/h4-9,14-15,17,21-22,29H,2-3,10-13H2,1H3,(H,30,33)/t21?,22-/m0/s1. The molecule has 5 nitrogen and oxygen atoms in total. The molecule has 2 atom stereocenters. The number of piperidine rings is 1. The highest BCUT2D eigenvalue weighted by Gasteiger charge is 2.36. The molecule has 2 N–H and O–H groups in total. The summed E-state index contributed by atoms with van der Waals surface area (Å²) >= 11 is 7.72. The number of nitrogens with zero attached hydrogens (tertiary/aromatic N) is 1. The first-order valence-electron chi connectivity index (χ1n) is 11.9. The SMILES string of the molecule is Cc1cccc(-c2sc(C3CC3)nc2C(=O)[C@@H](NC(=O)c2cccc(Cl)c2)C2CCCCN2)c1. The van der Waals surface area contributed by atoms with Crippen molar-refractivity contribution in [1.82, 2.24) is 15.6 Å². The van der Waals surface area contributed by atoms with Gasteiger partial charge in [-0.05, 0) is 62.9 Å². The Labute approximate surface area is 208 Å². The van der Waals surface area contributed by atoms with E-state index in [1.165, 1.54) is 0 Å². The molecule has 1 saturated heterocycles. The summed E-state index contributed by atoms with van der Waals surface area (Å²) in [6, 6.07) is 14.2. The lowest BCUT2D eigenvalue weighted by Gasteiger charge is -2.31. The van der Waals surface area contributed by atoms with Crippen LogP contribution in [0.5, 0.6) is 0 Å². The highest BCUT2D eigenvalue weighted by Crippen LogP contribution is 2.45. The molecule has 5 rings (SSSR count). The van der Waals surface area contributed by atoms with E-state index in [-0.39, 0.29) is 17.7 Å². The molecule has 1 saturated carbocycles. The molecule has 2 heterocycles. The molecule has 2 aliphatic rings. The van der Waals surface area contributed by atoms with Crippen LogP contribution in [0, 0.1) is 6.92 Å². The second kappa shape index (κ2) is 9.98. The number of ketones is 1. The van der Waals surface area contributed by atoms with E-state index in [0.717, 1.165) is 59.7 Å². The molecule has 1 aliphatic carbocycles. The maximum absolute atomic E-state index is 14.1. The quantitative estimate of drug-likeness (QED) is 0.410. The van der Waals surface area contributed by atoms with E-state index in [9.17, 15) is 9.59 Å². The number of Topliss-reactive ketones (excluding diaryl/α,β-unsaturated/α-hetero) is 1. The first kappa shape index (κ1) is 23.2. The molecule has 1 aliphatic heterocycles. The monoisotopic (exact) mass is 493 g/mol. The fourth-order valence-electron chi connectivity index (χ4n) is 4.50. The van der Waals surface area contributed by atoms with Crippen LogP contribution in [0.4, 0.5) is 0 Å². The third-order valence-electron chi connectivity index (χ3n) is 6.49. The molecular weight excluding hydrogens is 466 g/mol. The largest absolute Gasteiger partial charge is 0.340 e. The van der Waals surface area contributed by atoms with Crippen molar-refractivity contribution < 1.29 is 9.59 Å². The summed E-state index contributed by atoms with van der Waals surface area (Å²) in [4.78, 5) is 33.0. The number of hydrogen-bond acceptors (Lipinski definition) is 5. The van der Waals surface area contributed by atoms with Gasteiger partial charge in [0.1, 0.15) is 11.7 Å². The second-order valence-corrected chi connectivity index (χ2v) is 10.7. The topological polar surface area (TPSA) is 71.1 Å². The number of aromatic nitrogens is 1. The van der Waals surface area contributed by atoms with Crippen LogP contribution in [-0.2, 0) is 0 Å². The van der Waals surface area contributed by atoms with Crippen molar-refractivity contribution in [3.63, 3.8) is 0 Å². The van der Waals surface area contributed by atoms with Crippen molar-refractivity contribution in [3.05, 3.63) is 75.4 Å². The minimum absolute atomic E-state index is 0.130. The van der Waals surface area contributed by atoms with Crippen LogP contribution in [0.1, 0.15) is 69.4 Å². The van der Waals surface area contributed by atoms with Gasteiger partial charge in [-0.2, -0.15) is 0 Å². The summed E-state index contributed by atoms with van der Waals surface area (Å²) in [5, 5.41) is 8.00. The molecule has 176 valence electrons. The van der Waals surface area contributed by atoms with Gasteiger partial charge in [-0.1, -0.05) is 53.9 Å². The number of thiazole rings is 1. The van der Waals surface area contributed by atoms with Gasteiger partial charge in [0.15, 0.2) is 0 Å². The van der Waals surface area contributed by atoms with Crippen LogP contribution in [-0.4, -0.2) is 35.3 Å². The molecule has 2 fully saturated rings. The molecule has 1 aromatic heterocycles. The van der Waals surface area contributed by atoms with Crippen LogP contribution in [0.2, 0.25) is 5.02 Å². The summed E-state index contributed by atoms with van der Waals surface area (Å²) in [5.74, 6) is 0.0137. The van der Waals surface area contributed by atoms with E-state index in [2.05, 4.69) is 16.7 Å². The Kier molecular flexibility index (Phi) is 6.82. The van der Waals surface area contributed by atoms with Gasteiger partial charge in [-0.15, -0.1) is 11.3 Å². The molecule has 34 heavy (non-hydrogen) atoms. The number of aryl methyl sites for hydroxylation is 1. The number of nitrogens with one attached hydrogen (secondary N) is 2. The Morgan fingerprint density at radius 1 is 1.12 bits per heavy atom. The third-order valence-corrected chi connectivity index (χ3v) is 7.99. The fraction of sp³-hybridized carbons (Fsp3) is 0.370. The van der Waals surface area contributed by atoms with Crippen molar-refractivity contribution in [1.29, 1.82) is 0 Å². The Hall–Kier alpha value is -2.54. The maximum atomic E-state index is 14.1. The van der Waals surface area contributed by atoms with Crippen molar-refractivity contribution in [2.24, 2.45) is 0 Å². The summed E-state index contributed by atoms with van der Waals surface area (Å²) < 4.78 is 0. The normalized spacial score (nSPS) is 18.9. The van der Waals surface area contributed by atoms with E-state index in [0.29, 0.717) is 22.2 Å². The van der Waals surface area contributed by atoms with Gasteiger partial charge in [-0.25, -0.2) is 4.98 Å². The number of carbonyl (C=O) groups excluding carboxylic acids is 2. The van der Waals surface area contributed by atoms with E-state index < -0.39 is 6.04 Å². The van der Waals surface area contributed by atoms with Crippen LogP contribution in [0.15, 0.2) is 48.5 Å². The molecule has 0 spiro atoms. The van der Waals surface area contributed by atoms with E-state index >= 15 is 0 Å². The third kappa shape index (κ3) is 5.09. The first-order valence-corrected chi connectivity index (χ1v) is 13.1. The lowest BCUT2D eigenvalue weighted by Crippen LogP contribution is -2.55. The van der Waals surface area contributed by atoms with Crippen molar-refractivity contribution in [2.45, 2.75) is 57.0 Å².